The number of aryl methyl sites for hydroxylation is 2. The first kappa shape index (κ1) is 14.8. The Morgan fingerprint density at radius 3 is 2.13 bits per heavy atom. The largest absolute Gasteiger partial charge is 0.338 e. The topological polar surface area (TPSA) is 78.5 Å². The Kier molecular flexibility index (Phi) is 3.57. The van der Waals surface area contributed by atoms with Gasteiger partial charge in [-0.3, -0.25) is 9.59 Å². The van der Waals surface area contributed by atoms with Gasteiger partial charge < -0.3 is 5.32 Å². The fraction of sp³-hybridized carbons (Fsp3) is 0.118. The Labute approximate surface area is 133 Å². The van der Waals surface area contributed by atoms with Crippen LogP contribution in [-0.2, 0) is 0 Å². The third kappa shape index (κ3) is 2.66. The molecule has 0 saturated heterocycles. The van der Waals surface area contributed by atoms with Crippen LogP contribution in [-0.4, -0.2) is 22.9 Å². The highest BCUT2D eigenvalue weighted by molar-refractivity contribution is 6.21. The van der Waals surface area contributed by atoms with Crippen LogP contribution in [0, 0.1) is 13.8 Å². The normalized spacial score (nSPS) is 13.0. The van der Waals surface area contributed by atoms with E-state index in [1.807, 2.05) is 26.0 Å². The Morgan fingerprint density at radius 2 is 1.57 bits per heavy atom. The van der Waals surface area contributed by atoms with Crippen LogP contribution < -0.4 is 10.7 Å². The number of fused-ring (bicyclic) bond motifs is 1. The second-order valence-corrected chi connectivity index (χ2v) is 5.38. The van der Waals surface area contributed by atoms with Gasteiger partial charge in [0, 0.05) is 5.69 Å². The number of nitrogens with one attached hydrogen (secondary N) is 2. The quantitative estimate of drug-likeness (QED) is 0.837. The van der Waals surface area contributed by atoms with Gasteiger partial charge in [-0.25, -0.2) is 10.2 Å². The molecule has 4 amide bonds. The predicted octanol–water partition coefficient (Wildman–Crippen LogP) is 2.64. The monoisotopic (exact) mass is 309 g/mol. The summed E-state index contributed by atoms with van der Waals surface area (Å²) >= 11 is 0. The maximum Gasteiger partial charge on any atom is 0.338 e. The predicted molar refractivity (Wildman–Crippen MR) is 85.0 cm³/mol. The third-order valence-corrected chi connectivity index (χ3v) is 3.64. The van der Waals surface area contributed by atoms with E-state index in [1.165, 1.54) is 0 Å². The number of amides is 4. The fourth-order valence-corrected chi connectivity index (χ4v) is 2.50. The van der Waals surface area contributed by atoms with E-state index in [2.05, 4.69) is 10.7 Å². The molecule has 6 nitrogen and oxygen atoms in total. The summed E-state index contributed by atoms with van der Waals surface area (Å²) in [6, 6.07) is 11.4. The first-order valence-electron chi connectivity index (χ1n) is 7.10. The molecule has 0 spiro atoms. The van der Waals surface area contributed by atoms with E-state index in [1.54, 1.807) is 30.3 Å². The molecule has 0 aliphatic carbocycles. The molecule has 1 aliphatic rings. The molecular weight excluding hydrogens is 294 g/mol. The van der Waals surface area contributed by atoms with E-state index in [-0.39, 0.29) is 11.1 Å². The van der Waals surface area contributed by atoms with Gasteiger partial charge in [-0.15, -0.1) is 0 Å². The van der Waals surface area contributed by atoms with Crippen molar-refractivity contribution < 1.29 is 14.4 Å². The summed E-state index contributed by atoms with van der Waals surface area (Å²) in [7, 11) is 0. The van der Waals surface area contributed by atoms with E-state index in [9.17, 15) is 14.4 Å². The summed E-state index contributed by atoms with van der Waals surface area (Å²) in [6.45, 7) is 3.82. The molecule has 0 atom stereocenters. The smallest absolute Gasteiger partial charge is 0.306 e. The Balaban J connectivity index is 1.74. The number of urea groups is 1. The Morgan fingerprint density at radius 1 is 0.957 bits per heavy atom. The van der Waals surface area contributed by atoms with Crippen molar-refractivity contribution >= 4 is 23.5 Å². The van der Waals surface area contributed by atoms with Crippen molar-refractivity contribution in [1.29, 1.82) is 0 Å². The Hall–Kier alpha value is -3.15. The third-order valence-electron chi connectivity index (χ3n) is 3.64. The number of benzene rings is 2. The molecule has 6 heteroatoms. The van der Waals surface area contributed by atoms with Crippen molar-refractivity contribution in [1.82, 2.24) is 10.4 Å². The summed E-state index contributed by atoms with van der Waals surface area (Å²) in [6.07, 6.45) is 0. The number of anilines is 1. The zero-order valence-corrected chi connectivity index (χ0v) is 12.7. The number of hydrogen-bond donors (Lipinski definition) is 2. The number of carbonyl (C=O) groups excluding carboxylic acids is 3. The van der Waals surface area contributed by atoms with Gasteiger partial charge in [0.15, 0.2) is 0 Å². The molecule has 1 heterocycles. The summed E-state index contributed by atoms with van der Waals surface area (Å²) in [5, 5.41) is 3.36. The number of nitrogens with zero attached hydrogens (tertiary/aromatic N) is 1. The van der Waals surface area contributed by atoms with E-state index in [0.717, 1.165) is 16.1 Å². The van der Waals surface area contributed by atoms with Crippen LogP contribution in [0.15, 0.2) is 42.5 Å². The zero-order valence-electron chi connectivity index (χ0n) is 12.7. The first-order valence-corrected chi connectivity index (χ1v) is 7.10. The minimum absolute atomic E-state index is 0.282. The van der Waals surface area contributed by atoms with Crippen LogP contribution in [0.3, 0.4) is 0 Å². The average molecular weight is 309 g/mol. The molecule has 0 aromatic heterocycles. The summed E-state index contributed by atoms with van der Waals surface area (Å²) in [5.74, 6) is -1.08. The highest BCUT2D eigenvalue weighted by Gasteiger charge is 2.36. The molecule has 2 N–H and O–H groups in total. The van der Waals surface area contributed by atoms with Crippen molar-refractivity contribution in [3.63, 3.8) is 0 Å². The van der Waals surface area contributed by atoms with Crippen molar-refractivity contribution in [2.24, 2.45) is 0 Å². The summed E-state index contributed by atoms with van der Waals surface area (Å²) < 4.78 is 0. The zero-order chi connectivity index (χ0) is 16.6. The van der Waals surface area contributed by atoms with E-state index in [4.69, 9.17) is 0 Å². The van der Waals surface area contributed by atoms with Crippen LogP contribution >= 0.6 is 0 Å². The van der Waals surface area contributed by atoms with Gasteiger partial charge in [0.2, 0.25) is 0 Å². The Bertz CT molecular complexity index is 795. The molecule has 1 aliphatic heterocycles. The molecule has 0 fully saturated rings. The molecule has 0 bridgehead atoms. The summed E-state index contributed by atoms with van der Waals surface area (Å²) in [5.41, 5.74) is 5.45. The first-order chi connectivity index (χ1) is 11.0. The molecular formula is C17H15N3O3. The van der Waals surface area contributed by atoms with Gasteiger partial charge in [-0.1, -0.05) is 29.8 Å². The van der Waals surface area contributed by atoms with Crippen LogP contribution in [0.5, 0.6) is 0 Å². The number of hydrogen-bond acceptors (Lipinski definition) is 3. The highest BCUT2D eigenvalue weighted by Crippen LogP contribution is 2.21. The van der Waals surface area contributed by atoms with Gasteiger partial charge in [0.05, 0.1) is 11.1 Å². The van der Waals surface area contributed by atoms with E-state index >= 15 is 0 Å². The van der Waals surface area contributed by atoms with Crippen molar-refractivity contribution in [2.75, 3.05) is 5.32 Å². The molecule has 0 radical (unpaired) electrons. The highest BCUT2D eigenvalue weighted by atomic mass is 16.2. The van der Waals surface area contributed by atoms with E-state index in [0.29, 0.717) is 5.69 Å². The lowest BCUT2D eigenvalue weighted by molar-refractivity contribution is 0.0592. The molecule has 3 rings (SSSR count). The average Bonchev–Trinajstić information content (AvgIpc) is 2.76. The number of hydrazine groups is 1. The van der Waals surface area contributed by atoms with Gasteiger partial charge in [-0.2, -0.15) is 5.01 Å². The van der Waals surface area contributed by atoms with Crippen LogP contribution in [0.4, 0.5) is 10.5 Å². The maximum atomic E-state index is 12.2. The van der Waals surface area contributed by atoms with Crippen LogP contribution in [0.2, 0.25) is 0 Å². The van der Waals surface area contributed by atoms with Crippen LogP contribution in [0.25, 0.3) is 0 Å². The lowest BCUT2D eigenvalue weighted by Crippen LogP contribution is -2.47. The van der Waals surface area contributed by atoms with Gasteiger partial charge >= 0.3 is 6.03 Å². The standard InChI is InChI=1S/C17H15N3O3/c1-10-7-8-14(11(2)9-10)18-17(23)19-20-15(21)12-5-3-4-6-13(12)16(20)22/h3-9H,1-2H3,(H2,18,19,23). The lowest BCUT2D eigenvalue weighted by Gasteiger charge is -2.16. The SMILES string of the molecule is Cc1ccc(NC(=O)NN2C(=O)c3ccccc3C2=O)c(C)c1. The molecule has 2 aromatic carbocycles. The van der Waals surface area contributed by atoms with Crippen molar-refractivity contribution in [2.45, 2.75) is 13.8 Å². The van der Waals surface area contributed by atoms with Crippen LogP contribution in [0.1, 0.15) is 31.8 Å². The molecule has 116 valence electrons. The fourth-order valence-electron chi connectivity index (χ4n) is 2.50. The van der Waals surface area contributed by atoms with E-state index < -0.39 is 17.8 Å². The summed E-state index contributed by atoms with van der Waals surface area (Å²) in [4.78, 5) is 36.4. The number of imide groups is 1. The van der Waals surface area contributed by atoms with Crippen molar-refractivity contribution in [3.8, 4) is 0 Å². The minimum Gasteiger partial charge on any atom is -0.306 e. The van der Waals surface area contributed by atoms with Gasteiger partial charge in [0.1, 0.15) is 0 Å². The molecule has 0 unspecified atom stereocenters. The maximum absolute atomic E-state index is 12.2. The molecule has 23 heavy (non-hydrogen) atoms. The second-order valence-electron chi connectivity index (χ2n) is 5.38. The van der Waals surface area contributed by atoms with Gasteiger partial charge in [-0.05, 0) is 37.6 Å². The molecule has 0 saturated carbocycles. The number of carbonyl (C=O) groups is 3. The van der Waals surface area contributed by atoms with Gasteiger partial charge in [0.25, 0.3) is 11.8 Å². The molecule has 2 aromatic rings. The number of rotatable bonds is 2. The second kappa shape index (κ2) is 5.57. The lowest BCUT2D eigenvalue weighted by atomic mass is 10.1. The minimum atomic E-state index is -0.647. The van der Waals surface area contributed by atoms with Crippen molar-refractivity contribution in [3.05, 3.63) is 64.7 Å².